The molecule has 0 unspecified atom stereocenters. The molecular formula is C22H23FN2O3S. The molecule has 0 spiro atoms. The van der Waals surface area contributed by atoms with E-state index in [-0.39, 0.29) is 23.0 Å². The molecule has 1 saturated heterocycles. The third kappa shape index (κ3) is 4.46. The summed E-state index contributed by atoms with van der Waals surface area (Å²) in [5.74, 6) is 0.195. The quantitative estimate of drug-likeness (QED) is 0.800. The van der Waals surface area contributed by atoms with Gasteiger partial charge in [0.05, 0.1) is 5.69 Å². The molecule has 152 valence electrons. The van der Waals surface area contributed by atoms with E-state index >= 15 is 0 Å². The Morgan fingerprint density at radius 1 is 1.21 bits per heavy atom. The van der Waals surface area contributed by atoms with E-state index < -0.39 is 0 Å². The fraction of sp³-hybridized carbons (Fsp3) is 0.364. The van der Waals surface area contributed by atoms with Crippen molar-refractivity contribution in [3.05, 3.63) is 59.4 Å². The predicted molar refractivity (Wildman–Crippen MR) is 111 cm³/mol. The van der Waals surface area contributed by atoms with Gasteiger partial charge in [-0.3, -0.25) is 9.59 Å². The number of hydrogen-bond donors (Lipinski definition) is 2. The van der Waals surface area contributed by atoms with Gasteiger partial charge in [-0.25, -0.2) is 4.39 Å². The topological polar surface area (TPSA) is 67.4 Å². The van der Waals surface area contributed by atoms with Crippen molar-refractivity contribution in [1.29, 1.82) is 0 Å². The Hall–Kier alpha value is -2.38. The zero-order chi connectivity index (χ0) is 20.3. The molecule has 2 amide bonds. The van der Waals surface area contributed by atoms with Gasteiger partial charge in [-0.1, -0.05) is 12.1 Å². The molecule has 0 radical (unpaired) electrons. The Morgan fingerprint density at radius 3 is 2.83 bits per heavy atom. The Labute approximate surface area is 173 Å². The summed E-state index contributed by atoms with van der Waals surface area (Å²) in [5, 5.41) is 5.89. The number of nitrogens with one attached hydrogen (secondary N) is 2. The molecular weight excluding hydrogens is 391 g/mol. The van der Waals surface area contributed by atoms with Crippen molar-refractivity contribution in [3.8, 4) is 0 Å². The largest absolute Gasteiger partial charge is 0.381 e. The Morgan fingerprint density at radius 2 is 2.03 bits per heavy atom. The molecule has 2 aliphatic heterocycles. The van der Waals surface area contributed by atoms with E-state index in [1.807, 2.05) is 12.1 Å². The molecule has 5 nitrogen and oxygen atoms in total. The summed E-state index contributed by atoms with van der Waals surface area (Å²) in [4.78, 5) is 25.6. The SMILES string of the molecule is O=C1CCSc2ccc(C(=O)NCC3(c4cccc(F)c4)CCOCC3)cc2N1. The number of rotatable bonds is 4. The van der Waals surface area contributed by atoms with Gasteiger partial charge in [0.15, 0.2) is 0 Å². The highest BCUT2D eigenvalue weighted by atomic mass is 32.2. The number of carbonyl (C=O) groups excluding carboxylic acids is 2. The average molecular weight is 415 g/mol. The zero-order valence-corrected chi connectivity index (χ0v) is 16.8. The fourth-order valence-corrected chi connectivity index (χ4v) is 4.80. The van der Waals surface area contributed by atoms with Crippen LogP contribution in [0.25, 0.3) is 0 Å². The minimum atomic E-state index is -0.355. The van der Waals surface area contributed by atoms with Crippen molar-refractivity contribution in [2.75, 3.05) is 30.8 Å². The molecule has 29 heavy (non-hydrogen) atoms. The number of halogens is 1. The normalized spacial score (nSPS) is 18.3. The Balaban J connectivity index is 1.52. The van der Waals surface area contributed by atoms with Crippen LogP contribution in [0.4, 0.5) is 10.1 Å². The van der Waals surface area contributed by atoms with E-state index in [1.165, 1.54) is 6.07 Å². The summed E-state index contributed by atoms with van der Waals surface area (Å²) in [6.07, 6.45) is 1.89. The minimum Gasteiger partial charge on any atom is -0.381 e. The van der Waals surface area contributed by atoms with E-state index in [4.69, 9.17) is 4.74 Å². The van der Waals surface area contributed by atoms with Crippen LogP contribution in [0.1, 0.15) is 35.2 Å². The maximum atomic E-state index is 13.8. The molecule has 0 saturated carbocycles. The molecule has 0 aromatic heterocycles. The highest BCUT2D eigenvalue weighted by molar-refractivity contribution is 7.99. The molecule has 1 fully saturated rings. The molecule has 0 aliphatic carbocycles. The van der Waals surface area contributed by atoms with Crippen LogP contribution < -0.4 is 10.6 Å². The van der Waals surface area contributed by atoms with Gasteiger partial charge in [-0.15, -0.1) is 11.8 Å². The average Bonchev–Trinajstić information content (AvgIpc) is 2.92. The summed E-state index contributed by atoms with van der Waals surface area (Å²) < 4.78 is 19.3. The number of fused-ring (bicyclic) bond motifs is 1. The molecule has 2 aliphatic rings. The van der Waals surface area contributed by atoms with Crippen molar-refractivity contribution < 1.29 is 18.7 Å². The van der Waals surface area contributed by atoms with E-state index in [1.54, 1.807) is 36.0 Å². The van der Waals surface area contributed by atoms with Crippen LogP contribution in [0.5, 0.6) is 0 Å². The van der Waals surface area contributed by atoms with Gasteiger partial charge in [0.1, 0.15) is 5.82 Å². The van der Waals surface area contributed by atoms with E-state index in [0.29, 0.717) is 50.3 Å². The molecule has 0 bridgehead atoms. The van der Waals surface area contributed by atoms with E-state index in [9.17, 15) is 14.0 Å². The lowest BCUT2D eigenvalue weighted by Gasteiger charge is -2.38. The summed E-state index contributed by atoms with van der Waals surface area (Å²) in [7, 11) is 0. The van der Waals surface area contributed by atoms with Crippen LogP contribution in [0.15, 0.2) is 47.4 Å². The van der Waals surface area contributed by atoms with Crippen LogP contribution in [0.2, 0.25) is 0 Å². The molecule has 2 heterocycles. The Kier molecular flexibility index (Phi) is 5.87. The highest BCUT2D eigenvalue weighted by Gasteiger charge is 2.35. The van der Waals surface area contributed by atoms with E-state index in [0.717, 1.165) is 16.2 Å². The molecule has 2 aromatic carbocycles. The lowest BCUT2D eigenvalue weighted by atomic mass is 9.74. The number of thioether (sulfide) groups is 1. The van der Waals surface area contributed by atoms with Crippen LogP contribution in [0.3, 0.4) is 0 Å². The summed E-state index contributed by atoms with van der Waals surface area (Å²) in [6, 6.07) is 12.0. The van der Waals surface area contributed by atoms with Crippen LogP contribution in [0, 0.1) is 5.82 Å². The van der Waals surface area contributed by atoms with Crippen molar-refractivity contribution in [2.45, 2.75) is 29.6 Å². The van der Waals surface area contributed by atoms with Gasteiger partial charge in [-0.2, -0.15) is 0 Å². The molecule has 2 aromatic rings. The lowest BCUT2D eigenvalue weighted by molar-refractivity contribution is -0.115. The third-order valence-corrected chi connectivity index (χ3v) is 6.65. The first-order chi connectivity index (χ1) is 14.1. The van der Waals surface area contributed by atoms with E-state index in [2.05, 4.69) is 10.6 Å². The van der Waals surface area contributed by atoms with Crippen molar-refractivity contribution in [1.82, 2.24) is 5.32 Å². The first kappa shape index (κ1) is 19.9. The number of ether oxygens (including phenoxy) is 1. The second kappa shape index (κ2) is 8.55. The zero-order valence-electron chi connectivity index (χ0n) is 16.0. The van der Waals surface area contributed by atoms with Crippen molar-refractivity contribution >= 4 is 29.3 Å². The summed E-state index contributed by atoms with van der Waals surface area (Å²) in [6.45, 7) is 1.56. The minimum absolute atomic E-state index is 0.0407. The van der Waals surface area contributed by atoms with Gasteiger partial charge in [-0.05, 0) is 48.7 Å². The predicted octanol–water partition coefficient (Wildman–Crippen LogP) is 3.74. The van der Waals surface area contributed by atoms with Gasteiger partial charge in [0.25, 0.3) is 5.91 Å². The summed E-state index contributed by atoms with van der Waals surface area (Å²) >= 11 is 1.60. The number of benzene rings is 2. The van der Waals surface area contributed by atoms with Gasteiger partial charge >= 0.3 is 0 Å². The van der Waals surface area contributed by atoms with Gasteiger partial charge in [0, 0.05) is 47.8 Å². The molecule has 2 N–H and O–H groups in total. The summed E-state index contributed by atoms with van der Waals surface area (Å²) in [5.41, 5.74) is 1.70. The van der Waals surface area contributed by atoms with Crippen LogP contribution in [-0.4, -0.2) is 37.3 Å². The number of amides is 2. The maximum Gasteiger partial charge on any atom is 0.251 e. The highest BCUT2D eigenvalue weighted by Crippen LogP contribution is 2.35. The first-order valence-electron chi connectivity index (χ1n) is 9.74. The maximum absolute atomic E-state index is 13.8. The fourth-order valence-electron chi connectivity index (χ4n) is 3.86. The smallest absolute Gasteiger partial charge is 0.251 e. The number of carbonyl (C=O) groups is 2. The van der Waals surface area contributed by atoms with Crippen LogP contribution in [-0.2, 0) is 14.9 Å². The second-order valence-electron chi connectivity index (χ2n) is 7.44. The monoisotopic (exact) mass is 414 g/mol. The number of hydrogen-bond acceptors (Lipinski definition) is 4. The Bertz CT molecular complexity index is 928. The van der Waals surface area contributed by atoms with Gasteiger partial charge < -0.3 is 15.4 Å². The van der Waals surface area contributed by atoms with Gasteiger partial charge in [0.2, 0.25) is 5.91 Å². The van der Waals surface area contributed by atoms with Crippen molar-refractivity contribution in [2.24, 2.45) is 0 Å². The molecule has 7 heteroatoms. The third-order valence-electron chi connectivity index (χ3n) is 5.58. The van der Waals surface area contributed by atoms with Crippen molar-refractivity contribution in [3.63, 3.8) is 0 Å². The standard InChI is InChI=1S/C22H23FN2O3S/c23-17-3-1-2-16(13-17)22(7-9-28-10-8-22)14-24-21(27)15-4-5-19-18(12-15)25-20(26)6-11-29-19/h1-5,12-13H,6-11,14H2,(H,24,27)(H,25,26). The van der Waals surface area contributed by atoms with Crippen LogP contribution >= 0.6 is 11.8 Å². The molecule has 4 rings (SSSR count). The first-order valence-corrected chi connectivity index (χ1v) is 10.7. The molecule has 0 atom stereocenters. The lowest BCUT2D eigenvalue weighted by Crippen LogP contribution is -2.44. The second-order valence-corrected chi connectivity index (χ2v) is 8.58. The number of anilines is 1.